The molecular formula is C31H28N4O2. The molecule has 37 heavy (non-hydrogen) atoms. The number of fused-ring (bicyclic) bond motifs is 2. The summed E-state index contributed by atoms with van der Waals surface area (Å²) in [7, 11) is 0. The molecule has 2 heterocycles. The van der Waals surface area contributed by atoms with Gasteiger partial charge in [-0.25, -0.2) is 10.0 Å². The Morgan fingerprint density at radius 2 is 0.676 bits per heavy atom. The fraction of sp³-hybridized carbons (Fsp3) is 0.226. The molecule has 0 spiro atoms. The van der Waals surface area contributed by atoms with Crippen LogP contribution in [0.25, 0.3) is 0 Å². The molecule has 0 amide bonds. The van der Waals surface area contributed by atoms with Gasteiger partial charge in [0.1, 0.15) is 0 Å². The summed E-state index contributed by atoms with van der Waals surface area (Å²) in [4.78, 5) is 25.5. The molecule has 2 aliphatic rings. The monoisotopic (exact) mass is 488 g/mol. The van der Waals surface area contributed by atoms with Gasteiger partial charge in [0.2, 0.25) is 0 Å². The van der Waals surface area contributed by atoms with Gasteiger partial charge in [-0.15, -0.1) is 9.81 Å². The summed E-state index contributed by atoms with van der Waals surface area (Å²) in [6.45, 7) is 0. The molecule has 6 heteroatoms. The number of piperidine rings is 2. The lowest BCUT2D eigenvalue weighted by Crippen LogP contribution is -2.55. The van der Waals surface area contributed by atoms with Crippen molar-refractivity contribution in [3.8, 4) is 0 Å². The van der Waals surface area contributed by atoms with Crippen LogP contribution in [0.1, 0.15) is 52.8 Å². The zero-order valence-electron chi connectivity index (χ0n) is 20.3. The highest BCUT2D eigenvalue weighted by molar-refractivity contribution is 5.33. The molecule has 4 atom stereocenters. The molecule has 2 saturated heterocycles. The third kappa shape index (κ3) is 3.99. The standard InChI is InChI=1S/C31H28N4O2/c36-32-34-28(22-13-5-1-6-14-22)26-21-27(30(34)24-17-9-3-10-18-24)31(25-19-11-4-12-20-25)35(33-37)29(26)23-15-7-2-8-16-23/h1-20,26-31H,21H2. The number of nitrogens with zero attached hydrogens (tertiary/aromatic N) is 4. The summed E-state index contributed by atoms with van der Waals surface area (Å²) in [5.74, 6) is -0.157. The van der Waals surface area contributed by atoms with Gasteiger partial charge >= 0.3 is 0 Å². The summed E-state index contributed by atoms with van der Waals surface area (Å²) in [5.41, 5.74) is 4.04. The molecule has 4 aromatic carbocycles. The molecule has 0 radical (unpaired) electrons. The van der Waals surface area contributed by atoms with Crippen LogP contribution in [-0.2, 0) is 0 Å². The summed E-state index contributed by atoms with van der Waals surface area (Å²) >= 11 is 0. The highest BCUT2D eigenvalue weighted by Gasteiger charge is 2.57. The maximum Gasteiger partial charge on any atom is 0.0811 e. The Morgan fingerprint density at radius 1 is 0.432 bits per heavy atom. The van der Waals surface area contributed by atoms with Gasteiger partial charge < -0.3 is 0 Å². The molecule has 2 aliphatic heterocycles. The molecule has 6 nitrogen and oxygen atoms in total. The van der Waals surface area contributed by atoms with Gasteiger partial charge in [-0.3, -0.25) is 0 Å². The molecule has 6 rings (SSSR count). The zero-order chi connectivity index (χ0) is 25.2. The van der Waals surface area contributed by atoms with E-state index in [1.54, 1.807) is 10.0 Å². The predicted octanol–water partition coefficient (Wildman–Crippen LogP) is 7.57. The van der Waals surface area contributed by atoms with Crippen molar-refractivity contribution in [3.05, 3.63) is 153 Å². The Labute approximate surface area is 216 Å². The van der Waals surface area contributed by atoms with Crippen LogP contribution < -0.4 is 0 Å². The number of rotatable bonds is 6. The van der Waals surface area contributed by atoms with Crippen LogP contribution >= 0.6 is 0 Å². The summed E-state index contributed by atoms with van der Waals surface area (Å²) < 4.78 is 0. The largest absolute Gasteiger partial charge is 0.245 e. The molecule has 0 aromatic heterocycles. The predicted molar refractivity (Wildman–Crippen MR) is 144 cm³/mol. The van der Waals surface area contributed by atoms with Crippen LogP contribution in [0.4, 0.5) is 0 Å². The first-order valence-electron chi connectivity index (χ1n) is 12.7. The van der Waals surface area contributed by atoms with E-state index < -0.39 is 0 Å². The second-order valence-corrected chi connectivity index (χ2v) is 9.91. The first kappa shape index (κ1) is 23.1. The van der Waals surface area contributed by atoms with E-state index in [1.165, 1.54) is 0 Å². The topological polar surface area (TPSA) is 65.3 Å². The minimum atomic E-state index is -0.314. The Balaban J connectivity index is 1.60. The van der Waals surface area contributed by atoms with Crippen LogP contribution in [0, 0.1) is 21.6 Å². The Hall–Kier alpha value is -4.32. The van der Waals surface area contributed by atoms with Gasteiger partial charge in [-0.2, -0.15) is 0 Å². The van der Waals surface area contributed by atoms with E-state index in [1.807, 2.05) is 72.8 Å². The second kappa shape index (κ2) is 9.97. The van der Waals surface area contributed by atoms with Crippen molar-refractivity contribution < 1.29 is 0 Å². The summed E-state index contributed by atoms with van der Waals surface area (Å²) in [6, 6.07) is 39.0. The van der Waals surface area contributed by atoms with Gasteiger partial charge in [0.25, 0.3) is 0 Å². The van der Waals surface area contributed by atoms with Crippen LogP contribution in [0.2, 0.25) is 0 Å². The molecule has 0 saturated carbocycles. The fourth-order valence-corrected chi connectivity index (χ4v) is 6.71. The SMILES string of the molecule is O=NN1C(c2ccccc2)C2CC(C1c1ccccc1)C(c1ccccc1)N(N=O)C2c1ccccc1. The second-order valence-electron chi connectivity index (χ2n) is 9.91. The van der Waals surface area contributed by atoms with Gasteiger partial charge in [0.15, 0.2) is 0 Å². The third-order valence-corrected chi connectivity index (χ3v) is 8.06. The lowest BCUT2D eigenvalue weighted by atomic mass is 9.64. The van der Waals surface area contributed by atoms with Gasteiger partial charge in [-0.05, 0) is 28.7 Å². The molecule has 4 unspecified atom stereocenters. The average Bonchev–Trinajstić information content (AvgIpc) is 2.98. The highest BCUT2D eigenvalue weighted by Crippen LogP contribution is 2.62. The molecule has 2 fully saturated rings. The minimum absolute atomic E-state index is 0.0786. The normalized spacial score (nSPS) is 26.9. The summed E-state index contributed by atoms with van der Waals surface area (Å²) in [6.07, 6.45) is 0.816. The molecule has 0 aliphatic carbocycles. The maximum atomic E-state index is 12.8. The minimum Gasteiger partial charge on any atom is -0.245 e. The van der Waals surface area contributed by atoms with Gasteiger partial charge in [0, 0.05) is 11.8 Å². The van der Waals surface area contributed by atoms with Crippen LogP contribution in [0.5, 0.6) is 0 Å². The molecular weight excluding hydrogens is 460 g/mol. The van der Waals surface area contributed by atoms with Crippen molar-refractivity contribution in [1.29, 1.82) is 0 Å². The highest BCUT2D eigenvalue weighted by atomic mass is 16.3. The lowest BCUT2D eigenvalue weighted by molar-refractivity contribution is -0.126. The van der Waals surface area contributed by atoms with E-state index in [0.29, 0.717) is 0 Å². The third-order valence-electron chi connectivity index (χ3n) is 8.06. The fourth-order valence-electron chi connectivity index (χ4n) is 6.71. The van der Waals surface area contributed by atoms with Crippen molar-refractivity contribution in [3.63, 3.8) is 0 Å². The van der Waals surface area contributed by atoms with Crippen LogP contribution in [0.15, 0.2) is 132 Å². The zero-order valence-corrected chi connectivity index (χ0v) is 20.3. The van der Waals surface area contributed by atoms with Gasteiger partial charge in [0.05, 0.1) is 34.7 Å². The average molecular weight is 489 g/mol. The summed E-state index contributed by atoms with van der Waals surface area (Å²) in [5, 5.41) is 10.9. The quantitative estimate of drug-likeness (QED) is 0.263. The molecule has 0 N–H and O–H groups in total. The number of benzene rings is 4. The van der Waals surface area contributed by atoms with E-state index in [-0.39, 0.29) is 36.0 Å². The van der Waals surface area contributed by atoms with Crippen LogP contribution in [0.3, 0.4) is 0 Å². The van der Waals surface area contributed by atoms with Crippen molar-refractivity contribution in [1.82, 2.24) is 10.0 Å². The van der Waals surface area contributed by atoms with E-state index in [9.17, 15) is 9.81 Å². The first-order chi connectivity index (χ1) is 18.3. The van der Waals surface area contributed by atoms with E-state index in [4.69, 9.17) is 0 Å². The van der Waals surface area contributed by atoms with Crippen molar-refractivity contribution >= 4 is 0 Å². The van der Waals surface area contributed by atoms with Crippen molar-refractivity contribution in [2.75, 3.05) is 0 Å². The lowest BCUT2D eigenvalue weighted by Gasteiger charge is -2.58. The first-order valence-corrected chi connectivity index (χ1v) is 12.7. The number of hydrogen-bond acceptors (Lipinski definition) is 4. The Bertz CT molecular complexity index is 1140. The van der Waals surface area contributed by atoms with Crippen LogP contribution in [-0.4, -0.2) is 10.0 Å². The number of nitroso groups, excluding NO2 is 2. The molecule has 184 valence electrons. The van der Waals surface area contributed by atoms with Crippen molar-refractivity contribution in [2.24, 2.45) is 22.4 Å². The Kier molecular flexibility index (Phi) is 6.23. The van der Waals surface area contributed by atoms with E-state index in [2.05, 4.69) is 59.1 Å². The Morgan fingerprint density at radius 3 is 0.892 bits per heavy atom. The van der Waals surface area contributed by atoms with Crippen molar-refractivity contribution in [2.45, 2.75) is 30.6 Å². The molecule has 2 bridgehead atoms. The smallest absolute Gasteiger partial charge is 0.0811 e. The van der Waals surface area contributed by atoms with E-state index >= 15 is 0 Å². The molecule has 4 aromatic rings. The van der Waals surface area contributed by atoms with E-state index in [0.717, 1.165) is 28.7 Å². The maximum absolute atomic E-state index is 12.8. The van der Waals surface area contributed by atoms with Gasteiger partial charge in [-0.1, -0.05) is 121 Å². The number of hydrogen-bond donors (Lipinski definition) is 0.